The van der Waals surface area contributed by atoms with Crippen molar-refractivity contribution in [1.29, 1.82) is 0 Å². The number of likely N-dealkylation sites (tertiary alicyclic amines) is 1. The quantitative estimate of drug-likeness (QED) is 0.850. The molecule has 0 aliphatic carbocycles. The summed E-state index contributed by atoms with van der Waals surface area (Å²) >= 11 is 4.85. The fourth-order valence-electron chi connectivity index (χ4n) is 2.45. The van der Waals surface area contributed by atoms with Crippen molar-refractivity contribution in [3.63, 3.8) is 0 Å². The van der Waals surface area contributed by atoms with E-state index in [-0.39, 0.29) is 10.8 Å². The van der Waals surface area contributed by atoms with Crippen molar-refractivity contribution < 1.29 is 4.39 Å². The second-order valence-electron chi connectivity index (χ2n) is 5.31. The zero-order valence-electron chi connectivity index (χ0n) is 11.4. The van der Waals surface area contributed by atoms with E-state index >= 15 is 0 Å². The maximum atomic E-state index is 14.0. The first-order chi connectivity index (χ1) is 8.97. The van der Waals surface area contributed by atoms with Crippen LogP contribution in [0.3, 0.4) is 0 Å². The molecule has 2 rings (SSSR count). The van der Waals surface area contributed by atoms with Gasteiger partial charge in [-0.1, -0.05) is 24.4 Å². The highest BCUT2D eigenvalue weighted by Crippen LogP contribution is 2.18. The van der Waals surface area contributed by atoms with Gasteiger partial charge < -0.3 is 10.6 Å². The number of benzene rings is 1. The lowest BCUT2D eigenvalue weighted by Gasteiger charge is -2.20. The molecule has 0 aromatic heterocycles. The minimum absolute atomic E-state index is 0.224. The van der Waals surface area contributed by atoms with Crippen molar-refractivity contribution >= 4 is 17.2 Å². The Morgan fingerprint density at radius 1 is 1.53 bits per heavy atom. The topological polar surface area (TPSA) is 32.5 Å². The fourth-order valence-corrected chi connectivity index (χ4v) is 2.57. The summed E-state index contributed by atoms with van der Waals surface area (Å²) in [4.78, 5) is 4.75. The number of halogens is 1. The maximum Gasteiger partial charge on any atom is 0.128 e. The number of nitrogens with zero attached hydrogens (tertiary/aromatic N) is 2. The normalized spacial score (nSPS) is 20.1. The van der Waals surface area contributed by atoms with Crippen molar-refractivity contribution in [3.8, 4) is 0 Å². The molecule has 1 atom stereocenters. The van der Waals surface area contributed by atoms with Gasteiger partial charge >= 0.3 is 0 Å². The molecule has 1 heterocycles. The van der Waals surface area contributed by atoms with E-state index in [1.54, 1.807) is 12.1 Å². The summed E-state index contributed by atoms with van der Waals surface area (Å²) < 4.78 is 14.0. The molecule has 1 aliphatic rings. The van der Waals surface area contributed by atoms with Gasteiger partial charge in [-0.05, 0) is 26.6 Å². The van der Waals surface area contributed by atoms with Gasteiger partial charge in [-0.2, -0.15) is 0 Å². The van der Waals surface area contributed by atoms with E-state index in [1.165, 1.54) is 6.07 Å². The average Bonchev–Trinajstić information content (AvgIpc) is 2.80. The van der Waals surface area contributed by atoms with Gasteiger partial charge in [-0.15, -0.1) is 0 Å². The van der Waals surface area contributed by atoms with Crippen LogP contribution >= 0.6 is 12.2 Å². The molecule has 1 aromatic rings. The fraction of sp³-hybridized carbons (Fsp3) is 0.500. The second kappa shape index (κ2) is 5.94. The summed E-state index contributed by atoms with van der Waals surface area (Å²) in [6.45, 7) is 2.65. The predicted octanol–water partition coefficient (Wildman–Crippen LogP) is 1.60. The Hall–Kier alpha value is -1.04. The number of nitrogens with two attached hydrogens (primary N) is 1. The molecule has 1 aromatic carbocycles. The Morgan fingerprint density at radius 2 is 2.26 bits per heavy atom. The molecule has 0 amide bonds. The smallest absolute Gasteiger partial charge is 0.128 e. The van der Waals surface area contributed by atoms with E-state index in [1.807, 2.05) is 0 Å². The highest BCUT2D eigenvalue weighted by Gasteiger charge is 2.24. The molecule has 0 radical (unpaired) electrons. The summed E-state index contributed by atoms with van der Waals surface area (Å²) in [6, 6.07) is 5.57. The second-order valence-corrected chi connectivity index (χ2v) is 5.75. The summed E-state index contributed by atoms with van der Waals surface area (Å²) in [5.41, 5.74) is 6.79. The first kappa shape index (κ1) is 14.4. The van der Waals surface area contributed by atoms with Crippen molar-refractivity contribution in [2.45, 2.75) is 19.0 Å². The molecule has 1 saturated heterocycles. The standard InChI is InChI=1S/C14H20FN3S/c1-17(2)12-5-6-18(9-12)8-11-4-3-10(14(16)19)7-13(11)15/h3-4,7,12H,5-6,8-9H2,1-2H3,(H2,16,19). The molecular formula is C14H20FN3S. The van der Waals surface area contributed by atoms with Gasteiger partial charge in [0, 0.05) is 36.8 Å². The number of rotatable bonds is 4. The Kier molecular flexibility index (Phi) is 4.50. The van der Waals surface area contributed by atoms with Gasteiger partial charge in [0.2, 0.25) is 0 Å². The number of hydrogen-bond acceptors (Lipinski definition) is 3. The third kappa shape index (κ3) is 3.49. The maximum absolute atomic E-state index is 14.0. The van der Waals surface area contributed by atoms with E-state index in [9.17, 15) is 4.39 Å². The van der Waals surface area contributed by atoms with Crippen LogP contribution in [0.5, 0.6) is 0 Å². The summed E-state index contributed by atoms with van der Waals surface area (Å²) in [6.07, 6.45) is 1.14. The monoisotopic (exact) mass is 281 g/mol. The van der Waals surface area contributed by atoms with E-state index in [4.69, 9.17) is 18.0 Å². The Labute approximate surface area is 119 Å². The molecule has 3 nitrogen and oxygen atoms in total. The lowest BCUT2D eigenvalue weighted by atomic mass is 10.1. The van der Waals surface area contributed by atoms with E-state index in [2.05, 4.69) is 23.9 Å². The first-order valence-corrected chi connectivity index (χ1v) is 6.85. The van der Waals surface area contributed by atoms with Crippen molar-refractivity contribution in [3.05, 3.63) is 35.1 Å². The lowest BCUT2D eigenvalue weighted by Crippen LogP contribution is -2.31. The number of hydrogen-bond donors (Lipinski definition) is 1. The minimum Gasteiger partial charge on any atom is -0.389 e. The Balaban J connectivity index is 2.02. The van der Waals surface area contributed by atoms with Crippen LogP contribution in [0.15, 0.2) is 18.2 Å². The third-order valence-corrected chi connectivity index (χ3v) is 3.95. The molecule has 0 spiro atoms. The third-order valence-electron chi connectivity index (χ3n) is 3.71. The van der Waals surface area contributed by atoms with Gasteiger partial charge in [0.1, 0.15) is 10.8 Å². The molecular weight excluding hydrogens is 261 g/mol. The molecule has 0 bridgehead atoms. The molecule has 2 N–H and O–H groups in total. The van der Waals surface area contributed by atoms with Crippen molar-refractivity contribution in [1.82, 2.24) is 9.80 Å². The van der Waals surface area contributed by atoms with Crippen LogP contribution < -0.4 is 5.73 Å². The Bertz CT molecular complexity index is 476. The molecule has 1 aliphatic heterocycles. The van der Waals surface area contributed by atoms with Gasteiger partial charge in [-0.3, -0.25) is 4.90 Å². The molecule has 5 heteroatoms. The number of likely N-dealkylation sites (N-methyl/N-ethyl adjacent to an activating group) is 1. The van der Waals surface area contributed by atoms with Crippen LogP contribution in [0.2, 0.25) is 0 Å². The van der Waals surface area contributed by atoms with Gasteiger partial charge in [0.25, 0.3) is 0 Å². The van der Waals surface area contributed by atoms with Crippen LogP contribution in [0.25, 0.3) is 0 Å². The summed E-state index contributed by atoms with van der Waals surface area (Å²) in [5, 5.41) is 0. The molecule has 1 unspecified atom stereocenters. The van der Waals surface area contributed by atoms with Crippen LogP contribution in [0.4, 0.5) is 4.39 Å². The van der Waals surface area contributed by atoms with Gasteiger partial charge in [-0.25, -0.2) is 4.39 Å². The minimum atomic E-state index is -0.224. The summed E-state index contributed by atoms with van der Waals surface area (Å²) in [5.74, 6) is -0.224. The van der Waals surface area contributed by atoms with Crippen LogP contribution in [-0.2, 0) is 6.54 Å². The molecule has 1 fully saturated rings. The highest BCUT2D eigenvalue weighted by atomic mass is 32.1. The molecule has 19 heavy (non-hydrogen) atoms. The SMILES string of the molecule is CN(C)C1CCN(Cc2ccc(C(N)=S)cc2F)C1. The summed E-state index contributed by atoms with van der Waals surface area (Å²) in [7, 11) is 4.18. The van der Waals surface area contributed by atoms with Crippen LogP contribution in [0.1, 0.15) is 17.5 Å². The van der Waals surface area contributed by atoms with E-state index in [0.29, 0.717) is 23.7 Å². The predicted molar refractivity (Wildman–Crippen MR) is 79.7 cm³/mol. The Morgan fingerprint density at radius 3 is 2.79 bits per heavy atom. The first-order valence-electron chi connectivity index (χ1n) is 6.44. The zero-order valence-corrected chi connectivity index (χ0v) is 12.2. The highest BCUT2D eigenvalue weighted by molar-refractivity contribution is 7.80. The van der Waals surface area contributed by atoms with Crippen LogP contribution in [0, 0.1) is 5.82 Å². The molecule has 104 valence electrons. The van der Waals surface area contributed by atoms with Crippen molar-refractivity contribution in [2.75, 3.05) is 27.2 Å². The average molecular weight is 281 g/mol. The van der Waals surface area contributed by atoms with E-state index < -0.39 is 0 Å². The van der Waals surface area contributed by atoms with Crippen molar-refractivity contribution in [2.24, 2.45) is 5.73 Å². The molecule has 0 saturated carbocycles. The van der Waals surface area contributed by atoms with Gasteiger partial charge in [0.05, 0.1) is 0 Å². The zero-order chi connectivity index (χ0) is 14.0. The number of thiocarbonyl (C=S) groups is 1. The van der Waals surface area contributed by atoms with E-state index in [0.717, 1.165) is 19.5 Å². The largest absolute Gasteiger partial charge is 0.389 e. The van der Waals surface area contributed by atoms with Crippen LogP contribution in [-0.4, -0.2) is 48.0 Å². The van der Waals surface area contributed by atoms with Gasteiger partial charge in [0.15, 0.2) is 0 Å². The lowest BCUT2D eigenvalue weighted by molar-refractivity contribution is 0.263.